The Hall–Kier alpha value is -2.93. The van der Waals surface area contributed by atoms with Gasteiger partial charge in [0, 0.05) is 31.6 Å². The molecule has 7 heteroatoms. The Labute approximate surface area is 158 Å². The van der Waals surface area contributed by atoms with Gasteiger partial charge in [0.2, 0.25) is 0 Å². The minimum absolute atomic E-state index is 0.321. The van der Waals surface area contributed by atoms with E-state index < -0.39 is 9.84 Å². The van der Waals surface area contributed by atoms with Gasteiger partial charge in [0.05, 0.1) is 17.6 Å². The van der Waals surface area contributed by atoms with Crippen molar-refractivity contribution in [1.82, 2.24) is 9.55 Å². The van der Waals surface area contributed by atoms with Gasteiger partial charge in [-0.25, -0.2) is 18.2 Å². The molecule has 0 atom stereocenters. The molecular weight excluding hydrogens is 364 g/mol. The largest absolute Gasteiger partial charge is 0.465 e. The third-order valence-electron chi connectivity index (χ3n) is 4.25. The average molecular weight is 384 g/mol. The number of sulfone groups is 1. The summed E-state index contributed by atoms with van der Waals surface area (Å²) < 4.78 is 30.7. The highest BCUT2D eigenvalue weighted by Crippen LogP contribution is 2.19. The number of imidazole rings is 1. The first-order chi connectivity index (χ1) is 12.9. The van der Waals surface area contributed by atoms with Crippen molar-refractivity contribution >= 4 is 15.8 Å². The highest BCUT2D eigenvalue weighted by atomic mass is 32.2. The number of ether oxygens (including phenoxy) is 1. The summed E-state index contributed by atoms with van der Waals surface area (Å²) >= 11 is 0. The van der Waals surface area contributed by atoms with E-state index in [1.807, 2.05) is 29.0 Å². The lowest BCUT2D eigenvalue weighted by Gasteiger charge is -2.11. The van der Waals surface area contributed by atoms with Gasteiger partial charge >= 0.3 is 5.97 Å². The highest BCUT2D eigenvalue weighted by Gasteiger charge is 2.15. The maximum Gasteiger partial charge on any atom is 0.337 e. The lowest BCUT2D eigenvalue weighted by Crippen LogP contribution is -2.08. The van der Waals surface area contributed by atoms with Crippen LogP contribution in [0.2, 0.25) is 0 Å². The van der Waals surface area contributed by atoms with E-state index in [9.17, 15) is 13.2 Å². The molecule has 3 aromatic rings. The van der Waals surface area contributed by atoms with E-state index in [2.05, 4.69) is 4.98 Å². The fourth-order valence-electron chi connectivity index (χ4n) is 2.89. The molecule has 0 spiro atoms. The van der Waals surface area contributed by atoms with Gasteiger partial charge in [-0.15, -0.1) is 0 Å². The van der Waals surface area contributed by atoms with E-state index in [-0.39, 0.29) is 5.97 Å². The molecule has 0 aliphatic rings. The van der Waals surface area contributed by atoms with E-state index >= 15 is 0 Å². The Morgan fingerprint density at radius 1 is 1.11 bits per heavy atom. The summed E-state index contributed by atoms with van der Waals surface area (Å²) in [5, 5.41) is 0. The number of carbonyl (C=O) groups is 1. The average Bonchev–Trinajstić information content (AvgIpc) is 3.08. The third kappa shape index (κ3) is 4.43. The fraction of sp³-hybridized carbons (Fsp3) is 0.200. The standard InChI is InChI=1S/C20H20N2O4S/c1-26-20(23)16-9-7-15(8-10-16)14-22-12-11-21-19(22)13-17-5-3-4-6-18(17)27(2,24)25/h3-12H,13-14H2,1-2H3. The van der Waals surface area contributed by atoms with Crippen molar-refractivity contribution < 1.29 is 17.9 Å². The van der Waals surface area contributed by atoms with Crippen LogP contribution in [0.15, 0.2) is 65.8 Å². The van der Waals surface area contributed by atoms with Crippen LogP contribution in [-0.2, 0) is 27.5 Å². The van der Waals surface area contributed by atoms with Crippen LogP contribution in [0.1, 0.15) is 27.3 Å². The molecule has 0 aliphatic carbocycles. The van der Waals surface area contributed by atoms with Crippen molar-refractivity contribution in [3.05, 3.63) is 83.4 Å². The number of benzene rings is 2. The topological polar surface area (TPSA) is 78.3 Å². The van der Waals surface area contributed by atoms with Crippen LogP contribution >= 0.6 is 0 Å². The molecule has 2 aromatic carbocycles. The maximum absolute atomic E-state index is 12.0. The van der Waals surface area contributed by atoms with Gasteiger partial charge in [-0.05, 0) is 29.3 Å². The molecule has 0 saturated heterocycles. The Kier molecular flexibility index (Phi) is 5.41. The van der Waals surface area contributed by atoms with Crippen molar-refractivity contribution in [2.75, 3.05) is 13.4 Å². The number of carbonyl (C=O) groups excluding carboxylic acids is 1. The van der Waals surface area contributed by atoms with Crippen molar-refractivity contribution in [2.45, 2.75) is 17.9 Å². The zero-order valence-electron chi connectivity index (χ0n) is 15.1. The summed E-state index contributed by atoms with van der Waals surface area (Å²) in [6, 6.07) is 14.1. The molecule has 0 radical (unpaired) electrons. The molecule has 0 bridgehead atoms. The molecule has 3 rings (SSSR count). The summed E-state index contributed by atoms with van der Waals surface area (Å²) in [5.41, 5.74) is 2.21. The maximum atomic E-state index is 12.0. The number of hydrogen-bond acceptors (Lipinski definition) is 5. The molecule has 0 unspecified atom stereocenters. The minimum atomic E-state index is -3.30. The molecule has 0 saturated carbocycles. The zero-order valence-corrected chi connectivity index (χ0v) is 15.9. The predicted octanol–water partition coefficient (Wildman–Crippen LogP) is 2.71. The second kappa shape index (κ2) is 7.75. The monoisotopic (exact) mass is 384 g/mol. The second-order valence-corrected chi connectivity index (χ2v) is 8.20. The Morgan fingerprint density at radius 2 is 1.81 bits per heavy atom. The second-order valence-electron chi connectivity index (χ2n) is 6.22. The van der Waals surface area contributed by atoms with Gasteiger partial charge < -0.3 is 9.30 Å². The fourth-order valence-corrected chi connectivity index (χ4v) is 3.84. The van der Waals surface area contributed by atoms with Crippen molar-refractivity contribution in [1.29, 1.82) is 0 Å². The van der Waals surface area contributed by atoms with Crippen molar-refractivity contribution in [2.24, 2.45) is 0 Å². The van der Waals surface area contributed by atoms with Gasteiger partial charge in [-0.1, -0.05) is 30.3 Å². The first-order valence-electron chi connectivity index (χ1n) is 8.33. The summed E-state index contributed by atoms with van der Waals surface area (Å²) in [4.78, 5) is 16.2. The number of methoxy groups -OCH3 is 1. The van der Waals surface area contributed by atoms with Crippen LogP contribution in [0, 0.1) is 0 Å². The Morgan fingerprint density at radius 3 is 2.48 bits per heavy atom. The predicted molar refractivity (Wildman–Crippen MR) is 101 cm³/mol. The van der Waals surface area contributed by atoms with Gasteiger partial charge in [0.25, 0.3) is 0 Å². The smallest absolute Gasteiger partial charge is 0.337 e. The van der Waals surface area contributed by atoms with Crippen LogP contribution in [-0.4, -0.2) is 37.3 Å². The van der Waals surface area contributed by atoms with Crippen LogP contribution in [0.25, 0.3) is 0 Å². The number of rotatable bonds is 6. The summed E-state index contributed by atoms with van der Waals surface area (Å²) in [7, 11) is -1.96. The molecule has 1 aromatic heterocycles. The zero-order chi connectivity index (χ0) is 19.4. The number of nitrogens with zero attached hydrogens (tertiary/aromatic N) is 2. The molecule has 0 fully saturated rings. The minimum Gasteiger partial charge on any atom is -0.465 e. The molecule has 0 N–H and O–H groups in total. The Bertz CT molecular complexity index is 1050. The van der Waals surface area contributed by atoms with E-state index in [1.54, 1.807) is 36.5 Å². The first kappa shape index (κ1) is 18.8. The third-order valence-corrected chi connectivity index (χ3v) is 5.45. The van der Waals surface area contributed by atoms with E-state index in [1.165, 1.54) is 13.4 Å². The molecule has 1 heterocycles. The van der Waals surface area contributed by atoms with E-state index in [0.29, 0.717) is 29.0 Å². The number of esters is 1. The first-order valence-corrected chi connectivity index (χ1v) is 10.2. The van der Waals surface area contributed by atoms with Crippen LogP contribution in [0.3, 0.4) is 0 Å². The molecule has 6 nitrogen and oxygen atoms in total. The molecule has 0 aliphatic heterocycles. The number of hydrogen-bond donors (Lipinski definition) is 0. The lowest BCUT2D eigenvalue weighted by atomic mass is 10.1. The van der Waals surface area contributed by atoms with Gasteiger partial charge in [-0.3, -0.25) is 0 Å². The van der Waals surface area contributed by atoms with Gasteiger partial charge in [0.1, 0.15) is 5.82 Å². The quantitative estimate of drug-likeness (QED) is 0.611. The van der Waals surface area contributed by atoms with Crippen LogP contribution < -0.4 is 0 Å². The van der Waals surface area contributed by atoms with Crippen LogP contribution in [0.4, 0.5) is 0 Å². The molecule has 140 valence electrons. The van der Waals surface area contributed by atoms with Crippen molar-refractivity contribution in [3.63, 3.8) is 0 Å². The summed E-state index contributed by atoms with van der Waals surface area (Å²) in [6.07, 6.45) is 5.17. The molecule has 27 heavy (non-hydrogen) atoms. The highest BCUT2D eigenvalue weighted by molar-refractivity contribution is 7.90. The molecular formula is C20H20N2O4S. The van der Waals surface area contributed by atoms with E-state index in [4.69, 9.17) is 4.74 Å². The Balaban J connectivity index is 1.83. The number of aromatic nitrogens is 2. The lowest BCUT2D eigenvalue weighted by molar-refractivity contribution is 0.0600. The summed E-state index contributed by atoms with van der Waals surface area (Å²) in [5.74, 6) is 0.394. The van der Waals surface area contributed by atoms with Crippen molar-refractivity contribution in [3.8, 4) is 0 Å². The molecule has 0 amide bonds. The van der Waals surface area contributed by atoms with Crippen LogP contribution in [0.5, 0.6) is 0 Å². The van der Waals surface area contributed by atoms with Gasteiger partial charge in [0.15, 0.2) is 9.84 Å². The normalized spacial score (nSPS) is 11.3. The SMILES string of the molecule is COC(=O)c1ccc(Cn2ccnc2Cc2ccccc2S(C)(=O)=O)cc1. The summed E-state index contributed by atoms with van der Waals surface area (Å²) in [6.45, 7) is 0.567. The van der Waals surface area contributed by atoms with Gasteiger partial charge in [-0.2, -0.15) is 0 Å². The van der Waals surface area contributed by atoms with E-state index in [0.717, 1.165) is 11.4 Å².